The fraction of sp³-hybridized carbons (Fsp3) is 0.273. The SMILES string of the molecule is Cc1cccc2c1cc(C(=O)NC[C@H]1CC(=O)N(c3ccccc3)C1)n2C. The lowest BCUT2D eigenvalue weighted by atomic mass is 10.1. The summed E-state index contributed by atoms with van der Waals surface area (Å²) in [6, 6.07) is 17.7. The molecule has 0 unspecified atom stereocenters. The van der Waals surface area contributed by atoms with Gasteiger partial charge in [-0.2, -0.15) is 0 Å². The third-order valence-electron chi connectivity index (χ3n) is 5.36. The summed E-state index contributed by atoms with van der Waals surface area (Å²) in [5.74, 6) is 0.137. The summed E-state index contributed by atoms with van der Waals surface area (Å²) >= 11 is 0. The van der Waals surface area contributed by atoms with Gasteiger partial charge in [0.15, 0.2) is 0 Å². The van der Waals surface area contributed by atoms with Gasteiger partial charge < -0.3 is 14.8 Å². The van der Waals surface area contributed by atoms with E-state index in [0.29, 0.717) is 25.2 Å². The number of carbonyl (C=O) groups excluding carboxylic acids is 2. The van der Waals surface area contributed by atoms with Crippen LogP contribution in [0.25, 0.3) is 10.9 Å². The molecule has 0 spiro atoms. The predicted octanol–water partition coefficient (Wildman–Crippen LogP) is 3.27. The van der Waals surface area contributed by atoms with Crippen LogP contribution in [-0.4, -0.2) is 29.5 Å². The Bertz CT molecular complexity index is 1010. The molecule has 0 aliphatic carbocycles. The molecule has 0 radical (unpaired) electrons. The number of anilines is 1. The monoisotopic (exact) mass is 361 g/mol. The maximum absolute atomic E-state index is 12.7. The number of carbonyl (C=O) groups is 2. The quantitative estimate of drug-likeness (QED) is 0.775. The van der Waals surface area contributed by atoms with Crippen molar-refractivity contribution in [1.29, 1.82) is 0 Å². The van der Waals surface area contributed by atoms with E-state index in [1.807, 2.05) is 73.1 Å². The Kier molecular flexibility index (Phi) is 4.44. The summed E-state index contributed by atoms with van der Waals surface area (Å²) in [6.45, 7) is 3.18. The summed E-state index contributed by atoms with van der Waals surface area (Å²) in [6.07, 6.45) is 0.462. The molecule has 5 nitrogen and oxygen atoms in total. The fourth-order valence-electron chi connectivity index (χ4n) is 3.83. The molecule has 27 heavy (non-hydrogen) atoms. The Balaban J connectivity index is 1.44. The van der Waals surface area contributed by atoms with Gasteiger partial charge in [0.1, 0.15) is 5.69 Å². The topological polar surface area (TPSA) is 54.3 Å². The molecule has 138 valence electrons. The molecule has 5 heteroatoms. The third kappa shape index (κ3) is 3.21. The number of aromatic nitrogens is 1. The van der Waals surface area contributed by atoms with E-state index in [9.17, 15) is 9.59 Å². The van der Waals surface area contributed by atoms with E-state index < -0.39 is 0 Å². The zero-order chi connectivity index (χ0) is 19.0. The van der Waals surface area contributed by atoms with Crippen molar-refractivity contribution in [2.45, 2.75) is 13.3 Å². The van der Waals surface area contributed by atoms with Crippen LogP contribution in [0.4, 0.5) is 5.69 Å². The lowest BCUT2D eigenvalue weighted by Crippen LogP contribution is -2.32. The van der Waals surface area contributed by atoms with Crippen molar-refractivity contribution in [3.8, 4) is 0 Å². The van der Waals surface area contributed by atoms with Gasteiger partial charge in [0.25, 0.3) is 5.91 Å². The van der Waals surface area contributed by atoms with Crippen LogP contribution in [0.2, 0.25) is 0 Å². The Morgan fingerprint density at radius 2 is 1.93 bits per heavy atom. The molecule has 2 amide bonds. The molecule has 4 rings (SSSR count). The molecule has 3 aromatic rings. The largest absolute Gasteiger partial charge is 0.350 e. The van der Waals surface area contributed by atoms with Crippen LogP contribution in [0.1, 0.15) is 22.5 Å². The molecular weight excluding hydrogens is 338 g/mol. The van der Waals surface area contributed by atoms with Crippen LogP contribution in [0, 0.1) is 12.8 Å². The second-order valence-electron chi connectivity index (χ2n) is 7.22. The zero-order valence-electron chi connectivity index (χ0n) is 15.6. The van der Waals surface area contributed by atoms with Gasteiger partial charge in [0.05, 0.1) is 0 Å². The number of rotatable bonds is 4. The molecule has 1 atom stereocenters. The first-order valence-corrected chi connectivity index (χ1v) is 9.23. The Labute approximate surface area is 158 Å². The summed E-state index contributed by atoms with van der Waals surface area (Å²) < 4.78 is 1.92. The first-order valence-electron chi connectivity index (χ1n) is 9.23. The highest BCUT2D eigenvalue weighted by Gasteiger charge is 2.30. The number of fused-ring (bicyclic) bond motifs is 1. The number of hydrogen-bond donors (Lipinski definition) is 1. The lowest BCUT2D eigenvalue weighted by Gasteiger charge is -2.17. The van der Waals surface area contributed by atoms with Crippen LogP contribution in [0.5, 0.6) is 0 Å². The van der Waals surface area contributed by atoms with Crippen molar-refractivity contribution in [3.05, 3.63) is 65.9 Å². The van der Waals surface area contributed by atoms with Gasteiger partial charge in [0.2, 0.25) is 5.91 Å². The highest BCUT2D eigenvalue weighted by molar-refractivity contribution is 6.00. The summed E-state index contributed by atoms with van der Waals surface area (Å²) in [5.41, 5.74) is 3.76. The first kappa shape index (κ1) is 17.3. The van der Waals surface area contributed by atoms with Gasteiger partial charge in [-0.05, 0) is 36.8 Å². The van der Waals surface area contributed by atoms with Crippen molar-refractivity contribution in [1.82, 2.24) is 9.88 Å². The lowest BCUT2D eigenvalue weighted by molar-refractivity contribution is -0.117. The molecule has 1 N–H and O–H groups in total. The van der Waals surface area contributed by atoms with E-state index in [1.54, 1.807) is 4.90 Å². The van der Waals surface area contributed by atoms with Crippen LogP contribution in [0.3, 0.4) is 0 Å². The molecule has 1 aliphatic rings. The molecule has 2 heterocycles. The minimum Gasteiger partial charge on any atom is -0.350 e. The van der Waals surface area contributed by atoms with E-state index in [-0.39, 0.29) is 17.7 Å². The van der Waals surface area contributed by atoms with E-state index in [4.69, 9.17) is 0 Å². The van der Waals surface area contributed by atoms with Gasteiger partial charge in [-0.3, -0.25) is 9.59 Å². The number of hydrogen-bond acceptors (Lipinski definition) is 2. The first-order chi connectivity index (χ1) is 13.0. The normalized spacial score (nSPS) is 16.9. The third-order valence-corrected chi connectivity index (χ3v) is 5.36. The molecule has 0 bridgehead atoms. The Morgan fingerprint density at radius 1 is 1.15 bits per heavy atom. The average Bonchev–Trinajstić information content (AvgIpc) is 3.22. The predicted molar refractivity (Wildman–Crippen MR) is 107 cm³/mol. The van der Waals surface area contributed by atoms with Gasteiger partial charge in [-0.15, -0.1) is 0 Å². The highest BCUT2D eigenvalue weighted by atomic mass is 16.2. The van der Waals surface area contributed by atoms with Crippen LogP contribution in [0.15, 0.2) is 54.6 Å². The van der Waals surface area contributed by atoms with Crippen LogP contribution < -0.4 is 10.2 Å². The molecular formula is C22H23N3O2. The van der Waals surface area contributed by atoms with Crippen molar-refractivity contribution < 1.29 is 9.59 Å². The average molecular weight is 361 g/mol. The molecule has 1 aromatic heterocycles. The van der Waals surface area contributed by atoms with Crippen molar-refractivity contribution in [2.24, 2.45) is 13.0 Å². The highest BCUT2D eigenvalue weighted by Crippen LogP contribution is 2.25. The number of benzene rings is 2. The molecule has 1 aliphatic heterocycles. The number of nitrogens with one attached hydrogen (secondary N) is 1. The van der Waals surface area contributed by atoms with Gasteiger partial charge >= 0.3 is 0 Å². The van der Waals surface area contributed by atoms with E-state index >= 15 is 0 Å². The van der Waals surface area contributed by atoms with E-state index in [0.717, 1.165) is 22.2 Å². The smallest absolute Gasteiger partial charge is 0.267 e. The fourth-order valence-corrected chi connectivity index (χ4v) is 3.83. The second-order valence-corrected chi connectivity index (χ2v) is 7.22. The van der Waals surface area contributed by atoms with E-state index in [1.165, 1.54) is 0 Å². The number of aryl methyl sites for hydroxylation is 2. The van der Waals surface area contributed by atoms with E-state index in [2.05, 4.69) is 5.32 Å². The molecule has 0 saturated carbocycles. The second kappa shape index (κ2) is 6.91. The van der Waals surface area contributed by atoms with Gasteiger partial charge in [0, 0.05) is 49.1 Å². The maximum Gasteiger partial charge on any atom is 0.267 e. The van der Waals surface area contributed by atoms with Crippen molar-refractivity contribution >= 4 is 28.4 Å². The summed E-state index contributed by atoms with van der Waals surface area (Å²) in [7, 11) is 1.91. The van der Waals surface area contributed by atoms with Crippen molar-refractivity contribution in [2.75, 3.05) is 18.0 Å². The molecule has 1 fully saturated rings. The number of amides is 2. The number of nitrogens with zero attached hydrogens (tertiary/aromatic N) is 2. The maximum atomic E-state index is 12.7. The Hall–Kier alpha value is -3.08. The molecule has 1 saturated heterocycles. The zero-order valence-corrected chi connectivity index (χ0v) is 15.6. The van der Waals surface area contributed by atoms with Crippen molar-refractivity contribution in [3.63, 3.8) is 0 Å². The standard InChI is InChI=1S/C22H23N3O2/c1-15-7-6-10-19-18(15)12-20(24(19)2)22(27)23-13-16-11-21(26)25(14-16)17-8-4-3-5-9-17/h3-10,12,16H,11,13-14H2,1-2H3,(H,23,27)/t16-/m1/s1. The van der Waals surface area contributed by atoms with Gasteiger partial charge in [-0.1, -0.05) is 30.3 Å². The minimum absolute atomic E-state index is 0.0984. The van der Waals surface area contributed by atoms with Crippen LogP contribution in [-0.2, 0) is 11.8 Å². The van der Waals surface area contributed by atoms with Gasteiger partial charge in [-0.25, -0.2) is 0 Å². The van der Waals surface area contributed by atoms with Crippen LogP contribution >= 0.6 is 0 Å². The summed E-state index contributed by atoms with van der Waals surface area (Å²) in [4.78, 5) is 26.8. The summed E-state index contributed by atoms with van der Waals surface area (Å²) in [5, 5.41) is 4.11. The minimum atomic E-state index is -0.0984. The molecule has 2 aromatic carbocycles. The Morgan fingerprint density at radius 3 is 2.67 bits per heavy atom. The number of para-hydroxylation sites is 1.